The molecule has 1 rings (SSSR count). The minimum Gasteiger partial charge on any atom is -0.481 e. The number of hydrogen-bond donors (Lipinski definition) is 0. The summed E-state index contributed by atoms with van der Waals surface area (Å²) in [5.74, 6) is 0.381. The fourth-order valence-electron chi connectivity index (χ4n) is 1.10. The van der Waals surface area contributed by atoms with Crippen LogP contribution in [-0.2, 0) is 4.79 Å². The molecule has 0 saturated heterocycles. The molecule has 1 aromatic rings. The molecule has 0 aromatic heterocycles. The molecule has 0 aliphatic rings. The molecule has 0 aliphatic carbocycles. The molecule has 0 unspecified atom stereocenters. The Morgan fingerprint density at radius 2 is 2.06 bits per heavy atom. The Morgan fingerprint density at radius 1 is 1.50 bits per heavy atom. The number of nitro groups is 1. The van der Waals surface area contributed by atoms with E-state index in [0.29, 0.717) is 12.2 Å². The number of hydrogen-bond acceptors (Lipinski definition) is 4. The third-order valence-electron chi connectivity index (χ3n) is 1.95. The highest BCUT2D eigenvalue weighted by Crippen LogP contribution is 2.19. The number of rotatable bonds is 5. The predicted molar refractivity (Wildman–Crippen MR) is 58.7 cm³/mol. The Morgan fingerprint density at radius 3 is 2.44 bits per heavy atom. The van der Waals surface area contributed by atoms with Crippen molar-refractivity contribution in [1.29, 1.82) is 0 Å². The number of nitro benzene ring substituents is 1. The van der Waals surface area contributed by atoms with Crippen LogP contribution in [0.5, 0.6) is 5.75 Å². The van der Waals surface area contributed by atoms with Gasteiger partial charge in [-0.05, 0) is 30.2 Å². The van der Waals surface area contributed by atoms with Crippen LogP contribution >= 0.6 is 11.6 Å². The first-order chi connectivity index (χ1) is 7.54. The topological polar surface area (TPSA) is 69.4 Å². The zero-order valence-corrected chi connectivity index (χ0v) is 9.31. The molecule has 0 aliphatic heterocycles. The van der Waals surface area contributed by atoms with E-state index in [9.17, 15) is 14.9 Å². The number of halogens is 1. The lowest BCUT2D eigenvalue weighted by Crippen LogP contribution is -2.22. The molecule has 0 heterocycles. The Labute approximate surface area is 97.1 Å². The smallest absolute Gasteiger partial charge is 0.269 e. The Balaban J connectivity index is 2.75. The molecule has 1 aromatic carbocycles. The lowest BCUT2D eigenvalue weighted by molar-refractivity contribution is -0.384. The number of ether oxygens (including phenoxy) is 1. The van der Waals surface area contributed by atoms with Crippen LogP contribution in [-0.4, -0.2) is 16.3 Å². The highest BCUT2D eigenvalue weighted by Gasteiger charge is 2.16. The second-order valence-corrected chi connectivity index (χ2v) is 3.44. The van der Waals surface area contributed by atoms with E-state index in [1.165, 1.54) is 24.3 Å². The second-order valence-electron chi connectivity index (χ2n) is 3.07. The lowest BCUT2D eigenvalue weighted by atomic mass is 10.3. The van der Waals surface area contributed by atoms with Gasteiger partial charge >= 0.3 is 0 Å². The van der Waals surface area contributed by atoms with Crippen molar-refractivity contribution >= 4 is 22.5 Å². The van der Waals surface area contributed by atoms with Crippen LogP contribution in [0.2, 0.25) is 0 Å². The van der Waals surface area contributed by atoms with E-state index in [-0.39, 0.29) is 5.69 Å². The SMILES string of the molecule is CC[C@@H](Oc1ccc([N+](=O)[O-])cc1)C(=O)Cl. The van der Waals surface area contributed by atoms with E-state index in [1.54, 1.807) is 6.92 Å². The molecule has 0 amide bonds. The largest absolute Gasteiger partial charge is 0.481 e. The molecule has 0 fully saturated rings. The van der Waals surface area contributed by atoms with E-state index in [1.807, 2.05) is 0 Å². The Bertz CT molecular complexity index is 390. The number of carbonyl (C=O) groups is 1. The number of carbonyl (C=O) groups excluding carboxylic acids is 1. The molecule has 0 spiro atoms. The summed E-state index contributed by atoms with van der Waals surface area (Å²) >= 11 is 5.30. The second kappa shape index (κ2) is 5.46. The molecular weight excluding hydrogens is 234 g/mol. The van der Waals surface area contributed by atoms with Gasteiger partial charge in [-0.2, -0.15) is 0 Å². The summed E-state index contributed by atoms with van der Waals surface area (Å²) < 4.78 is 5.26. The predicted octanol–water partition coefficient (Wildman–Crippen LogP) is 2.52. The van der Waals surface area contributed by atoms with E-state index in [4.69, 9.17) is 16.3 Å². The van der Waals surface area contributed by atoms with Crippen molar-refractivity contribution in [2.45, 2.75) is 19.4 Å². The van der Waals surface area contributed by atoms with E-state index < -0.39 is 16.3 Å². The normalized spacial score (nSPS) is 11.9. The Hall–Kier alpha value is -1.62. The van der Waals surface area contributed by atoms with Gasteiger partial charge in [0.25, 0.3) is 10.9 Å². The summed E-state index contributed by atoms with van der Waals surface area (Å²) in [4.78, 5) is 20.8. The molecule has 1 atom stereocenters. The summed E-state index contributed by atoms with van der Waals surface area (Å²) in [6.07, 6.45) is -0.276. The highest BCUT2D eigenvalue weighted by atomic mass is 35.5. The van der Waals surface area contributed by atoms with Crippen LogP contribution in [0.15, 0.2) is 24.3 Å². The first-order valence-corrected chi connectivity index (χ1v) is 5.03. The van der Waals surface area contributed by atoms with Crippen LogP contribution < -0.4 is 4.74 Å². The average molecular weight is 244 g/mol. The van der Waals surface area contributed by atoms with Gasteiger partial charge in [-0.3, -0.25) is 14.9 Å². The van der Waals surface area contributed by atoms with E-state index in [0.717, 1.165) is 0 Å². The van der Waals surface area contributed by atoms with Gasteiger partial charge in [-0.25, -0.2) is 0 Å². The summed E-state index contributed by atoms with van der Waals surface area (Å²) in [6.45, 7) is 1.76. The molecule has 5 nitrogen and oxygen atoms in total. The standard InChI is InChI=1S/C10H10ClNO4/c1-2-9(10(11)13)16-8-5-3-7(4-6-8)12(14)15/h3-6,9H,2H2,1H3/t9-/m1/s1. The highest BCUT2D eigenvalue weighted by molar-refractivity contribution is 6.64. The van der Waals surface area contributed by atoms with Crippen LogP contribution in [0.3, 0.4) is 0 Å². The zero-order chi connectivity index (χ0) is 12.1. The summed E-state index contributed by atoms with van der Waals surface area (Å²) in [5.41, 5.74) is -0.0300. The van der Waals surface area contributed by atoms with Crippen molar-refractivity contribution in [2.24, 2.45) is 0 Å². The summed E-state index contributed by atoms with van der Waals surface area (Å²) in [7, 11) is 0. The van der Waals surface area contributed by atoms with Crippen molar-refractivity contribution in [3.63, 3.8) is 0 Å². The van der Waals surface area contributed by atoms with Crippen molar-refractivity contribution in [1.82, 2.24) is 0 Å². The molecule has 0 saturated carbocycles. The van der Waals surface area contributed by atoms with Gasteiger partial charge in [0, 0.05) is 12.1 Å². The quantitative estimate of drug-likeness (QED) is 0.453. The van der Waals surface area contributed by atoms with Gasteiger partial charge in [-0.15, -0.1) is 0 Å². The van der Waals surface area contributed by atoms with Gasteiger partial charge in [0.15, 0.2) is 6.10 Å². The van der Waals surface area contributed by atoms with Crippen molar-refractivity contribution in [3.05, 3.63) is 34.4 Å². The minimum atomic E-state index is -0.719. The van der Waals surface area contributed by atoms with Crippen LogP contribution in [0.4, 0.5) is 5.69 Å². The molecule has 16 heavy (non-hydrogen) atoms. The maximum Gasteiger partial charge on any atom is 0.269 e. The number of nitrogens with zero attached hydrogens (tertiary/aromatic N) is 1. The van der Waals surface area contributed by atoms with Gasteiger partial charge in [0.1, 0.15) is 5.75 Å². The maximum atomic E-state index is 10.9. The third kappa shape index (κ3) is 3.20. The Kier molecular flexibility index (Phi) is 4.25. The summed E-state index contributed by atoms with van der Waals surface area (Å²) in [5, 5.41) is 9.81. The average Bonchev–Trinajstić information content (AvgIpc) is 2.26. The number of non-ortho nitro benzene ring substituents is 1. The van der Waals surface area contributed by atoms with Gasteiger partial charge in [0.05, 0.1) is 4.92 Å². The van der Waals surface area contributed by atoms with Gasteiger partial charge in [0.2, 0.25) is 0 Å². The van der Waals surface area contributed by atoms with Gasteiger partial charge in [-0.1, -0.05) is 6.92 Å². The fourth-order valence-corrected chi connectivity index (χ4v) is 1.30. The van der Waals surface area contributed by atoms with Crippen LogP contribution in [0.25, 0.3) is 0 Å². The number of benzene rings is 1. The minimum absolute atomic E-state index is 0.0300. The summed E-state index contributed by atoms with van der Waals surface area (Å²) in [6, 6.07) is 5.47. The molecule has 0 bridgehead atoms. The van der Waals surface area contributed by atoms with Gasteiger partial charge < -0.3 is 4.74 Å². The monoisotopic (exact) mass is 243 g/mol. The molecule has 0 N–H and O–H groups in total. The van der Waals surface area contributed by atoms with Crippen LogP contribution in [0, 0.1) is 10.1 Å². The lowest BCUT2D eigenvalue weighted by Gasteiger charge is -2.12. The van der Waals surface area contributed by atoms with Crippen LogP contribution in [0.1, 0.15) is 13.3 Å². The molecular formula is C10H10ClNO4. The van der Waals surface area contributed by atoms with E-state index >= 15 is 0 Å². The zero-order valence-electron chi connectivity index (χ0n) is 8.55. The third-order valence-corrected chi connectivity index (χ3v) is 2.19. The maximum absolute atomic E-state index is 10.9. The molecule has 86 valence electrons. The van der Waals surface area contributed by atoms with Crippen molar-refractivity contribution in [3.8, 4) is 5.75 Å². The van der Waals surface area contributed by atoms with E-state index in [2.05, 4.69) is 0 Å². The first kappa shape index (κ1) is 12.4. The van der Waals surface area contributed by atoms with Crippen molar-refractivity contribution < 1.29 is 14.5 Å². The molecule has 0 radical (unpaired) electrons. The fraction of sp³-hybridized carbons (Fsp3) is 0.300. The van der Waals surface area contributed by atoms with Crippen molar-refractivity contribution in [2.75, 3.05) is 0 Å². The first-order valence-electron chi connectivity index (χ1n) is 4.65. The molecule has 6 heteroatoms.